The fourth-order valence-electron chi connectivity index (χ4n) is 1.20. The summed E-state index contributed by atoms with van der Waals surface area (Å²) in [4.78, 5) is 0. The molecule has 2 aromatic rings. The van der Waals surface area contributed by atoms with Gasteiger partial charge in [0.05, 0.1) is 17.4 Å². The van der Waals surface area contributed by atoms with E-state index in [-0.39, 0.29) is 0 Å². The molecule has 0 aliphatic heterocycles. The molecule has 1 aromatic carbocycles. The van der Waals surface area contributed by atoms with Crippen LogP contribution in [-0.2, 0) is 6.18 Å². The Hall–Kier alpha value is -1.85. The third-order valence-corrected chi connectivity index (χ3v) is 2.00. The maximum atomic E-state index is 12.6. The van der Waals surface area contributed by atoms with Crippen molar-refractivity contribution in [3.05, 3.63) is 48.0 Å². The van der Waals surface area contributed by atoms with Gasteiger partial charge in [0, 0.05) is 6.20 Å². The molecule has 0 unspecified atom stereocenters. The highest BCUT2D eigenvalue weighted by molar-refractivity contribution is 5.31. The topological polar surface area (TPSA) is 17.8 Å². The van der Waals surface area contributed by atoms with E-state index >= 15 is 0 Å². The van der Waals surface area contributed by atoms with Crippen molar-refractivity contribution in [2.45, 2.75) is 6.18 Å². The predicted molar refractivity (Wildman–Crippen MR) is 48.5 cm³/mol. The molecule has 2 rings (SSSR count). The maximum Gasteiger partial charge on any atom is 0.419 e. The molecule has 0 aliphatic rings. The zero-order valence-electron chi connectivity index (χ0n) is 7.87. The number of benzene rings is 1. The van der Waals surface area contributed by atoms with E-state index in [2.05, 4.69) is 5.10 Å². The van der Waals surface area contributed by atoms with Crippen molar-refractivity contribution in [3.8, 4) is 5.69 Å². The summed E-state index contributed by atoms with van der Waals surface area (Å²) in [5.74, 6) is -0.452. The predicted octanol–water partition coefficient (Wildman–Crippen LogP) is 3.03. The van der Waals surface area contributed by atoms with Gasteiger partial charge < -0.3 is 0 Å². The Kier molecular flexibility index (Phi) is 2.41. The van der Waals surface area contributed by atoms with Gasteiger partial charge in [-0.1, -0.05) is 0 Å². The normalized spacial score (nSPS) is 11.8. The summed E-state index contributed by atoms with van der Waals surface area (Å²) >= 11 is 0. The average molecular weight is 230 g/mol. The van der Waals surface area contributed by atoms with Gasteiger partial charge in [0.2, 0.25) is 0 Å². The number of halogens is 4. The molecular formula is C10H6F4N2. The van der Waals surface area contributed by atoms with Crippen molar-refractivity contribution in [2.24, 2.45) is 0 Å². The largest absolute Gasteiger partial charge is 0.419 e. The Morgan fingerprint density at radius 2 is 1.69 bits per heavy atom. The fourth-order valence-corrected chi connectivity index (χ4v) is 1.20. The minimum absolute atomic E-state index is 0.372. The molecule has 1 aromatic heterocycles. The molecule has 0 amide bonds. The first-order valence-electron chi connectivity index (χ1n) is 4.34. The van der Waals surface area contributed by atoms with Gasteiger partial charge in [0.25, 0.3) is 0 Å². The molecule has 0 saturated heterocycles. The van der Waals surface area contributed by atoms with Crippen LogP contribution in [0.5, 0.6) is 0 Å². The first-order valence-corrected chi connectivity index (χ1v) is 4.34. The van der Waals surface area contributed by atoms with Crippen LogP contribution in [0.2, 0.25) is 0 Å². The van der Waals surface area contributed by atoms with Crippen molar-refractivity contribution < 1.29 is 17.6 Å². The van der Waals surface area contributed by atoms with Gasteiger partial charge in [0.1, 0.15) is 5.82 Å². The van der Waals surface area contributed by atoms with Crippen molar-refractivity contribution >= 4 is 0 Å². The van der Waals surface area contributed by atoms with Gasteiger partial charge in [-0.25, -0.2) is 9.07 Å². The molecule has 0 radical (unpaired) electrons. The summed E-state index contributed by atoms with van der Waals surface area (Å²) in [6.45, 7) is 0. The van der Waals surface area contributed by atoms with E-state index in [1.165, 1.54) is 12.1 Å². The second-order valence-corrected chi connectivity index (χ2v) is 3.15. The highest BCUT2D eigenvalue weighted by Gasteiger charge is 2.32. The van der Waals surface area contributed by atoms with Gasteiger partial charge in [-0.2, -0.15) is 18.3 Å². The van der Waals surface area contributed by atoms with Crippen LogP contribution in [0.1, 0.15) is 5.56 Å². The summed E-state index contributed by atoms with van der Waals surface area (Å²) in [5.41, 5.74) is -0.464. The quantitative estimate of drug-likeness (QED) is 0.688. The number of aromatic nitrogens is 2. The third kappa shape index (κ3) is 2.05. The Bertz CT molecular complexity index is 484. The summed E-state index contributed by atoms with van der Waals surface area (Å²) in [6.07, 6.45) is -2.84. The molecule has 2 nitrogen and oxygen atoms in total. The summed E-state index contributed by atoms with van der Waals surface area (Å²) in [6, 6.07) is 5.01. The molecule has 0 fully saturated rings. The maximum absolute atomic E-state index is 12.6. The lowest BCUT2D eigenvalue weighted by Gasteiger charge is -2.02. The van der Waals surface area contributed by atoms with Gasteiger partial charge in [-0.15, -0.1) is 0 Å². The Balaban J connectivity index is 2.35. The van der Waals surface area contributed by atoms with Crippen LogP contribution in [0.3, 0.4) is 0 Å². The van der Waals surface area contributed by atoms with E-state index in [4.69, 9.17) is 0 Å². The van der Waals surface area contributed by atoms with E-state index in [0.29, 0.717) is 5.69 Å². The van der Waals surface area contributed by atoms with E-state index in [1.807, 2.05) is 0 Å². The summed E-state index contributed by atoms with van der Waals surface area (Å²) in [5, 5.41) is 3.56. The Morgan fingerprint density at radius 3 is 2.19 bits per heavy atom. The van der Waals surface area contributed by atoms with Crippen molar-refractivity contribution in [1.82, 2.24) is 9.78 Å². The van der Waals surface area contributed by atoms with Crippen molar-refractivity contribution in [2.75, 3.05) is 0 Å². The van der Waals surface area contributed by atoms with Crippen LogP contribution in [0.4, 0.5) is 17.6 Å². The molecule has 6 heteroatoms. The Labute approximate surface area is 88.1 Å². The van der Waals surface area contributed by atoms with Crippen LogP contribution in [0.15, 0.2) is 36.7 Å². The zero-order chi connectivity index (χ0) is 11.8. The first kappa shape index (κ1) is 10.7. The molecule has 84 valence electrons. The smallest absolute Gasteiger partial charge is 0.240 e. The Morgan fingerprint density at radius 1 is 1.06 bits per heavy atom. The highest BCUT2D eigenvalue weighted by atomic mass is 19.4. The lowest BCUT2D eigenvalue weighted by Crippen LogP contribution is -2.02. The van der Waals surface area contributed by atoms with Crippen LogP contribution >= 0.6 is 0 Å². The van der Waals surface area contributed by atoms with Gasteiger partial charge in [-0.05, 0) is 24.3 Å². The molecular weight excluding hydrogens is 224 g/mol. The zero-order valence-corrected chi connectivity index (χ0v) is 7.87. The minimum Gasteiger partial charge on any atom is -0.240 e. The second kappa shape index (κ2) is 3.62. The minimum atomic E-state index is -4.42. The van der Waals surface area contributed by atoms with E-state index < -0.39 is 17.6 Å². The fraction of sp³-hybridized carbons (Fsp3) is 0.100. The lowest BCUT2D eigenvalue weighted by atomic mass is 10.3. The molecule has 0 saturated carbocycles. The molecule has 16 heavy (non-hydrogen) atoms. The van der Waals surface area contributed by atoms with E-state index in [1.54, 1.807) is 0 Å². The van der Waals surface area contributed by atoms with Crippen molar-refractivity contribution in [1.29, 1.82) is 0 Å². The van der Waals surface area contributed by atoms with Gasteiger partial charge in [-0.3, -0.25) is 0 Å². The average Bonchev–Trinajstić information content (AvgIpc) is 2.67. The molecule has 0 N–H and O–H groups in total. The first-order chi connectivity index (χ1) is 7.47. The molecule has 0 bridgehead atoms. The van der Waals surface area contributed by atoms with Crippen molar-refractivity contribution in [3.63, 3.8) is 0 Å². The highest BCUT2D eigenvalue weighted by Crippen LogP contribution is 2.29. The van der Waals surface area contributed by atoms with Crippen LogP contribution < -0.4 is 0 Å². The number of rotatable bonds is 1. The third-order valence-electron chi connectivity index (χ3n) is 2.00. The molecule has 1 heterocycles. The van der Waals surface area contributed by atoms with Crippen LogP contribution in [0, 0.1) is 5.82 Å². The van der Waals surface area contributed by atoms with Crippen LogP contribution in [-0.4, -0.2) is 9.78 Å². The number of hydrogen-bond acceptors (Lipinski definition) is 1. The number of hydrogen-bond donors (Lipinski definition) is 0. The number of alkyl halides is 3. The van der Waals surface area contributed by atoms with Gasteiger partial charge in [0.15, 0.2) is 0 Å². The molecule has 0 spiro atoms. The van der Waals surface area contributed by atoms with E-state index in [9.17, 15) is 17.6 Å². The summed E-state index contributed by atoms with van der Waals surface area (Å²) in [7, 11) is 0. The van der Waals surface area contributed by atoms with E-state index in [0.717, 1.165) is 29.2 Å². The summed E-state index contributed by atoms with van der Waals surface area (Å²) < 4.78 is 50.4. The van der Waals surface area contributed by atoms with Crippen LogP contribution in [0.25, 0.3) is 5.69 Å². The number of nitrogens with zero attached hydrogens (tertiary/aromatic N) is 2. The molecule has 0 aliphatic carbocycles. The molecule has 0 atom stereocenters. The lowest BCUT2D eigenvalue weighted by molar-refractivity contribution is -0.137. The monoisotopic (exact) mass is 230 g/mol. The second-order valence-electron chi connectivity index (χ2n) is 3.15. The SMILES string of the molecule is Fc1ccc(-n2cc(C(F)(F)F)cn2)cc1. The van der Waals surface area contributed by atoms with Gasteiger partial charge >= 0.3 is 6.18 Å². The standard InChI is InChI=1S/C10H6F4N2/c11-8-1-3-9(4-2-8)16-6-7(5-15-16)10(12,13)14/h1-6H.